The molecule has 156 valence electrons. The van der Waals surface area contributed by atoms with Gasteiger partial charge in [0.05, 0.1) is 11.6 Å². The van der Waals surface area contributed by atoms with Crippen LogP contribution in [0.2, 0.25) is 5.02 Å². The van der Waals surface area contributed by atoms with Gasteiger partial charge in [0.25, 0.3) is 5.91 Å². The van der Waals surface area contributed by atoms with E-state index in [1.807, 2.05) is 26.1 Å². The second kappa shape index (κ2) is 9.63. The van der Waals surface area contributed by atoms with Gasteiger partial charge in [-0.15, -0.1) is 0 Å². The molecule has 0 atom stereocenters. The molecule has 0 radical (unpaired) electrons. The summed E-state index contributed by atoms with van der Waals surface area (Å²) in [6, 6.07) is 3.78. The van der Waals surface area contributed by atoms with Crippen molar-refractivity contribution in [3.8, 4) is 11.5 Å². The van der Waals surface area contributed by atoms with Crippen LogP contribution in [-0.2, 0) is 4.79 Å². The van der Waals surface area contributed by atoms with E-state index >= 15 is 0 Å². The molecule has 1 aliphatic carbocycles. The summed E-state index contributed by atoms with van der Waals surface area (Å²) in [6.45, 7) is 6.35. The van der Waals surface area contributed by atoms with E-state index in [0.717, 1.165) is 31.2 Å². The number of carbonyl (C=O) groups is 1. The van der Waals surface area contributed by atoms with Crippen molar-refractivity contribution in [1.82, 2.24) is 9.80 Å². The highest BCUT2D eigenvalue weighted by molar-refractivity contribution is 7.80. The summed E-state index contributed by atoms with van der Waals surface area (Å²) in [7, 11) is 1.83. The number of hydrogen-bond acceptors (Lipinski definition) is 4. The van der Waals surface area contributed by atoms with Gasteiger partial charge in [-0.1, -0.05) is 43.5 Å². The summed E-state index contributed by atoms with van der Waals surface area (Å²) in [6.07, 6.45) is 8.96. The summed E-state index contributed by atoms with van der Waals surface area (Å²) in [5.74, 6) is 0.958. The number of likely N-dealkylation sites (N-methyl/N-ethyl adjacent to an activating group) is 1. The van der Waals surface area contributed by atoms with Gasteiger partial charge in [-0.2, -0.15) is 0 Å². The number of hydrogen-bond donors (Lipinski definition) is 0. The summed E-state index contributed by atoms with van der Waals surface area (Å²) < 4.78 is 11.4. The first-order valence-electron chi connectivity index (χ1n) is 10.0. The molecule has 1 aromatic rings. The molecule has 1 saturated heterocycles. The third kappa shape index (κ3) is 4.59. The lowest BCUT2D eigenvalue weighted by atomic mass is 9.94. The Bertz CT molecular complexity index is 834. The van der Waals surface area contributed by atoms with E-state index < -0.39 is 0 Å². The van der Waals surface area contributed by atoms with Crippen molar-refractivity contribution in [3.63, 3.8) is 0 Å². The predicted molar refractivity (Wildman–Crippen MR) is 120 cm³/mol. The van der Waals surface area contributed by atoms with Gasteiger partial charge in [0.1, 0.15) is 12.3 Å². The number of nitrogens with zero attached hydrogens (tertiary/aromatic N) is 2. The molecule has 1 aliphatic heterocycles. The summed E-state index contributed by atoms with van der Waals surface area (Å²) in [5.41, 5.74) is 1.30. The molecule has 5 nitrogen and oxygen atoms in total. The molecule has 29 heavy (non-hydrogen) atoms. The predicted octanol–water partition coefficient (Wildman–Crippen LogP) is 5.04. The Morgan fingerprint density at radius 3 is 2.66 bits per heavy atom. The number of thiocarbonyl (C=S) groups is 1. The topological polar surface area (TPSA) is 42.0 Å². The van der Waals surface area contributed by atoms with Crippen LogP contribution in [0.4, 0.5) is 0 Å². The third-order valence-corrected chi connectivity index (χ3v) is 5.96. The Balaban J connectivity index is 1.93. The molecule has 2 fully saturated rings. The molecule has 0 spiro atoms. The zero-order chi connectivity index (χ0) is 21.0. The monoisotopic (exact) mass is 434 g/mol. The van der Waals surface area contributed by atoms with Crippen LogP contribution in [0.25, 0.3) is 6.08 Å². The van der Waals surface area contributed by atoms with Gasteiger partial charge in [-0.3, -0.25) is 9.69 Å². The van der Waals surface area contributed by atoms with Gasteiger partial charge in [0.15, 0.2) is 16.6 Å². The van der Waals surface area contributed by atoms with Crippen molar-refractivity contribution >= 4 is 40.9 Å². The number of amides is 1. The number of carbonyl (C=O) groups excluding carboxylic acids is 1. The van der Waals surface area contributed by atoms with E-state index in [-0.39, 0.29) is 11.9 Å². The van der Waals surface area contributed by atoms with Crippen molar-refractivity contribution in [1.29, 1.82) is 0 Å². The maximum Gasteiger partial charge on any atom is 0.277 e. The molecule has 1 heterocycles. The Hall–Kier alpha value is -2.05. The zero-order valence-corrected chi connectivity index (χ0v) is 18.5. The van der Waals surface area contributed by atoms with Crippen molar-refractivity contribution < 1.29 is 14.3 Å². The average molecular weight is 435 g/mol. The Morgan fingerprint density at radius 1 is 1.28 bits per heavy atom. The number of rotatable bonds is 7. The first-order valence-corrected chi connectivity index (χ1v) is 10.8. The van der Waals surface area contributed by atoms with Crippen LogP contribution in [0.1, 0.15) is 44.6 Å². The van der Waals surface area contributed by atoms with Crippen molar-refractivity contribution in [2.24, 2.45) is 0 Å². The van der Waals surface area contributed by atoms with E-state index in [1.165, 1.54) is 6.42 Å². The Morgan fingerprint density at radius 2 is 2.00 bits per heavy atom. The van der Waals surface area contributed by atoms with E-state index in [9.17, 15) is 4.79 Å². The molecule has 1 saturated carbocycles. The van der Waals surface area contributed by atoms with Crippen LogP contribution < -0.4 is 9.47 Å². The molecular weight excluding hydrogens is 408 g/mol. The van der Waals surface area contributed by atoms with Gasteiger partial charge in [-0.25, -0.2) is 0 Å². The lowest BCUT2D eigenvalue weighted by Crippen LogP contribution is -2.41. The van der Waals surface area contributed by atoms with Crippen molar-refractivity contribution in [3.05, 3.63) is 41.1 Å². The maximum absolute atomic E-state index is 13.2. The molecule has 1 amide bonds. The third-order valence-electron chi connectivity index (χ3n) is 5.21. The lowest BCUT2D eigenvalue weighted by Gasteiger charge is -2.30. The largest absolute Gasteiger partial charge is 0.490 e. The first-order chi connectivity index (χ1) is 14.0. The fraction of sp³-hybridized carbons (Fsp3) is 0.455. The normalized spacial score (nSPS) is 19.2. The van der Waals surface area contributed by atoms with Crippen molar-refractivity contribution in [2.75, 3.05) is 20.3 Å². The Kier molecular flexibility index (Phi) is 7.19. The summed E-state index contributed by atoms with van der Waals surface area (Å²) in [4.78, 5) is 16.7. The van der Waals surface area contributed by atoms with Crippen LogP contribution in [-0.4, -0.2) is 47.1 Å². The molecule has 1 aromatic carbocycles. The molecule has 0 aromatic heterocycles. The quantitative estimate of drug-likeness (QED) is 0.342. The van der Waals surface area contributed by atoms with Gasteiger partial charge in [0, 0.05) is 13.1 Å². The first kappa shape index (κ1) is 21.7. The minimum absolute atomic E-state index is 0.0505. The van der Waals surface area contributed by atoms with Gasteiger partial charge in [-0.05, 0) is 55.8 Å². The number of benzene rings is 1. The molecular formula is C22H27ClN2O3S. The molecule has 0 N–H and O–H groups in total. The van der Waals surface area contributed by atoms with Crippen LogP contribution in [0, 0.1) is 0 Å². The van der Waals surface area contributed by atoms with Crippen LogP contribution in [0.3, 0.4) is 0 Å². The molecule has 2 aliphatic rings. The second-order valence-electron chi connectivity index (χ2n) is 7.20. The summed E-state index contributed by atoms with van der Waals surface area (Å²) >= 11 is 12.0. The van der Waals surface area contributed by atoms with Crippen molar-refractivity contribution in [2.45, 2.75) is 45.1 Å². The highest BCUT2D eigenvalue weighted by Gasteiger charge is 2.40. The van der Waals surface area contributed by atoms with Crippen LogP contribution in [0.5, 0.6) is 11.5 Å². The lowest BCUT2D eigenvalue weighted by molar-refractivity contribution is -0.124. The average Bonchev–Trinajstić information content (AvgIpc) is 2.91. The van der Waals surface area contributed by atoms with Gasteiger partial charge >= 0.3 is 0 Å². The minimum atomic E-state index is -0.0505. The maximum atomic E-state index is 13.2. The van der Waals surface area contributed by atoms with Crippen LogP contribution in [0.15, 0.2) is 30.5 Å². The SMILES string of the molecule is C=CCOc1c(Cl)cc(/C=C2/C(=O)N(C3CCCCC3)C(=S)N2C)cc1OCC. The summed E-state index contributed by atoms with van der Waals surface area (Å²) in [5, 5.41) is 0.986. The van der Waals surface area contributed by atoms with Gasteiger partial charge < -0.3 is 14.4 Å². The van der Waals surface area contributed by atoms with E-state index in [4.69, 9.17) is 33.3 Å². The smallest absolute Gasteiger partial charge is 0.277 e. The van der Waals surface area contributed by atoms with E-state index in [2.05, 4.69) is 6.58 Å². The Labute approximate surface area is 182 Å². The van der Waals surface area contributed by atoms with Crippen LogP contribution >= 0.6 is 23.8 Å². The van der Waals surface area contributed by atoms with E-state index in [1.54, 1.807) is 21.9 Å². The van der Waals surface area contributed by atoms with E-state index in [0.29, 0.717) is 40.5 Å². The fourth-order valence-corrected chi connectivity index (χ4v) is 4.42. The molecule has 0 unspecified atom stereocenters. The molecule has 7 heteroatoms. The zero-order valence-electron chi connectivity index (χ0n) is 16.9. The number of ether oxygens (including phenoxy) is 2. The standard InChI is InChI=1S/C22H27ClN2O3S/c1-4-11-28-20-17(23)12-15(14-19(20)27-5-2)13-18-21(26)25(22(29)24(18)3)16-9-7-6-8-10-16/h4,12-14,16H,1,5-11H2,2-3H3/b18-13-. The second-order valence-corrected chi connectivity index (χ2v) is 7.97. The fourth-order valence-electron chi connectivity index (χ4n) is 3.81. The minimum Gasteiger partial charge on any atom is -0.490 e. The highest BCUT2D eigenvalue weighted by atomic mass is 35.5. The highest BCUT2D eigenvalue weighted by Crippen LogP contribution is 2.38. The number of halogens is 1. The molecule has 3 rings (SSSR count). The van der Waals surface area contributed by atoms with Gasteiger partial charge in [0.2, 0.25) is 0 Å². The molecule has 0 bridgehead atoms.